The summed E-state index contributed by atoms with van der Waals surface area (Å²) in [5, 5.41) is 2.64. The first-order chi connectivity index (χ1) is 8.08. The fourth-order valence-electron chi connectivity index (χ4n) is 1.88. The molecule has 1 amide bonds. The van der Waals surface area contributed by atoms with Gasteiger partial charge in [0.15, 0.2) is 11.6 Å². The summed E-state index contributed by atoms with van der Waals surface area (Å²) in [7, 11) is 0. The molecule has 1 aliphatic rings. The zero-order chi connectivity index (χ0) is 12.4. The third-order valence-electron chi connectivity index (χ3n) is 2.62. The molecule has 0 bridgehead atoms. The third kappa shape index (κ3) is 2.46. The lowest BCUT2D eigenvalue weighted by molar-refractivity contribution is -0.119. The highest BCUT2D eigenvalue weighted by molar-refractivity contribution is 5.82. The Morgan fingerprint density at radius 3 is 2.59 bits per heavy atom. The Kier molecular flexibility index (Phi) is 3.12. The number of halogens is 2. The van der Waals surface area contributed by atoms with Crippen molar-refractivity contribution in [2.75, 3.05) is 30.3 Å². The van der Waals surface area contributed by atoms with Crippen molar-refractivity contribution in [2.45, 2.75) is 6.42 Å². The summed E-state index contributed by atoms with van der Waals surface area (Å²) >= 11 is 0. The fraction of sp³-hybridized carbons (Fsp3) is 0.364. The zero-order valence-electron chi connectivity index (χ0n) is 9.17. The minimum absolute atomic E-state index is 0.0306. The largest absolute Gasteiger partial charge is 0.399 e. The molecule has 0 spiro atoms. The molecule has 1 fully saturated rings. The second-order valence-corrected chi connectivity index (χ2v) is 3.96. The number of nitrogens with one attached hydrogen (secondary N) is 1. The van der Waals surface area contributed by atoms with Gasteiger partial charge in [0, 0.05) is 18.8 Å². The van der Waals surface area contributed by atoms with Gasteiger partial charge in [0.2, 0.25) is 5.91 Å². The van der Waals surface area contributed by atoms with Crippen LogP contribution in [0.2, 0.25) is 0 Å². The molecule has 1 saturated heterocycles. The van der Waals surface area contributed by atoms with Crippen LogP contribution in [0.25, 0.3) is 0 Å². The molecule has 1 aliphatic heterocycles. The summed E-state index contributed by atoms with van der Waals surface area (Å²) in [6.45, 7) is 0.905. The van der Waals surface area contributed by atoms with E-state index in [4.69, 9.17) is 5.73 Å². The smallest absolute Gasteiger partial charge is 0.239 e. The van der Waals surface area contributed by atoms with Crippen LogP contribution in [0.1, 0.15) is 6.42 Å². The maximum atomic E-state index is 13.7. The van der Waals surface area contributed by atoms with Crippen molar-refractivity contribution in [3.05, 3.63) is 23.8 Å². The van der Waals surface area contributed by atoms with Gasteiger partial charge >= 0.3 is 0 Å². The molecule has 2 rings (SSSR count). The summed E-state index contributed by atoms with van der Waals surface area (Å²) in [5.74, 6) is -1.72. The average molecular weight is 241 g/mol. The molecule has 3 N–H and O–H groups in total. The first kappa shape index (κ1) is 11.6. The van der Waals surface area contributed by atoms with E-state index in [0.717, 1.165) is 12.1 Å². The number of nitrogens with zero attached hydrogens (tertiary/aromatic N) is 1. The number of nitrogens with two attached hydrogens (primary N) is 1. The van der Waals surface area contributed by atoms with Gasteiger partial charge in [-0.25, -0.2) is 8.78 Å². The van der Waals surface area contributed by atoms with Gasteiger partial charge in [-0.2, -0.15) is 0 Å². The van der Waals surface area contributed by atoms with Gasteiger partial charge in [-0.1, -0.05) is 0 Å². The van der Waals surface area contributed by atoms with E-state index in [9.17, 15) is 13.6 Å². The Bertz CT molecular complexity index is 427. The number of carbonyl (C=O) groups excluding carboxylic acids is 1. The normalized spacial score (nSPS) is 16.6. The number of nitrogen functional groups attached to an aromatic ring is 1. The van der Waals surface area contributed by atoms with Crippen molar-refractivity contribution in [1.29, 1.82) is 0 Å². The predicted octanol–water partition coefficient (Wildman–Crippen LogP) is 0.873. The van der Waals surface area contributed by atoms with Crippen LogP contribution in [0.5, 0.6) is 0 Å². The summed E-state index contributed by atoms with van der Waals surface area (Å²) in [6.07, 6.45) is 0.648. The number of hydrogen-bond donors (Lipinski definition) is 2. The van der Waals surface area contributed by atoms with Crippen molar-refractivity contribution in [1.82, 2.24) is 5.32 Å². The highest BCUT2D eigenvalue weighted by atomic mass is 19.1. The number of amides is 1. The van der Waals surface area contributed by atoms with Crippen molar-refractivity contribution >= 4 is 17.3 Å². The van der Waals surface area contributed by atoms with Crippen LogP contribution in [0.4, 0.5) is 20.2 Å². The first-order valence-electron chi connectivity index (χ1n) is 5.34. The number of rotatable bonds is 1. The Labute approximate surface area is 97.4 Å². The molecule has 0 aromatic heterocycles. The van der Waals surface area contributed by atoms with Crippen molar-refractivity contribution in [2.24, 2.45) is 0 Å². The van der Waals surface area contributed by atoms with E-state index in [1.165, 1.54) is 4.90 Å². The highest BCUT2D eigenvalue weighted by Gasteiger charge is 2.21. The number of benzene rings is 1. The molecule has 4 nitrogen and oxygen atoms in total. The summed E-state index contributed by atoms with van der Waals surface area (Å²) in [6, 6.07) is 2.11. The van der Waals surface area contributed by atoms with Crippen molar-refractivity contribution in [3.8, 4) is 0 Å². The summed E-state index contributed by atoms with van der Waals surface area (Å²) in [5.41, 5.74) is 5.18. The minimum atomic E-state index is -0.739. The maximum Gasteiger partial charge on any atom is 0.239 e. The Balaban J connectivity index is 2.35. The Morgan fingerprint density at radius 2 is 1.94 bits per heavy atom. The molecular weight excluding hydrogens is 228 g/mol. The average Bonchev–Trinajstić information content (AvgIpc) is 2.41. The van der Waals surface area contributed by atoms with E-state index in [-0.39, 0.29) is 23.8 Å². The number of carbonyl (C=O) groups is 1. The molecule has 0 unspecified atom stereocenters. The van der Waals surface area contributed by atoms with Gasteiger partial charge < -0.3 is 16.0 Å². The maximum absolute atomic E-state index is 13.7. The van der Waals surface area contributed by atoms with E-state index in [2.05, 4.69) is 5.32 Å². The lowest BCUT2D eigenvalue weighted by Crippen LogP contribution is -2.34. The molecule has 1 aromatic rings. The van der Waals surface area contributed by atoms with Gasteiger partial charge in [-0.3, -0.25) is 4.79 Å². The lowest BCUT2D eigenvalue weighted by Gasteiger charge is -2.22. The Hall–Kier alpha value is -1.85. The second-order valence-electron chi connectivity index (χ2n) is 3.96. The highest BCUT2D eigenvalue weighted by Crippen LogP contribution is 2.26. The Morgan fingerprint density at radius 1 is 1.29 bits per heavy atom. The van der Waals surface area contributed by atoms with Crippen LogP contribution in [0.15, 0.2) is 12.1 Å². The van der Waals surface area contributed by atoms with E-state index in [1.54, 1.807) is 0 Å². The van der Waals surface area contributed by atoms with Crippen LogP contribution < -0.4 is 16.0 Å². The van der Waals surface area contributed by atoms with E-state index in [0.29, 0.717) is 19.5 Å². The molecule has 0 aliphatic carbocycles. The van der Waals surface area contributed by atoms with Gasteiger partial charge in [-0.05, 0) is 18.6 Å². The lowest BCUT2D eigenvalue weighted by atomic mass is 10.2. The van der Waals surface area contributed by atoms with Crippen molar-refractivity contribution in [3.63, 3.8) is 0 Å². The van der Waals surface area contributed by atoms with Crippen molar-refractivity contribution < 1.29 is 13.6 Å². The van der Waals surface area contributed by atoms with Gasteiger partial charge in [0.25, 0.3) is 0 Å². The molecule has 6 heteroatoms. The number of anilines is 2. The van der Waals surface area contributed by atoms with Gasteiger partial charge in [-0.15, -0.1) is 0 Å². The van der Waals surface area contributed by atoms with Crippen LogP contribution in [0, 0.1) is 11.6 Å². The monoisotopic (exact) mass is 241 g/mol. The van der Waals surface area contributed by atoms with Gasteiger partial charge in [0.1, 0.15) is 5.69 Å². The number of hydrogen-bond acceptors (Lipinski definition) is 3. The summed E-state index contributed by atoms with van der Waals surface area (Å²) in [4.78, 5) is 12.7. The van der Waals surface area contributed by atoms with Crippen LogP contribution in [0.3, 0.4) is 0 Å². The molecule has 0 atom stereocenters. The SMILES string of the molecule is Nc1cc(F)c(N2CCCNC(=O)C2)c(F)c1. The molecule has 0 radical (unpaired) electrons. The molecule has 92 valence electrons. The van der Waals surface area contributed by atoms with E-state index in [1.807, 2.05) is 0 Å². The van der Waals surface area contributed by atoms with Crippen LogP contribution >= 0.6 is 0 Å². The minimum Gasteiger partial charge on any atom is -0.399 e. The van der Waals surface area contributed by atoms with E-state index < -0.39 is 11.6 Å². The van der Waals surface area contributed by atoms with Gasteiger partial charge in [0.05, 0.1) is 6.54 Å². The topological polar surface area (TPSA) is 58.4 Å². The molecule has 1 aromatic carbocycles. The predicted molar refractivity (Wildman–Crippen MR) is 60.6 cm³/mol. The van der Waals surface area contributed by atoms with Crippen LogP contribution in [-0.2, 0) is 4.79 Å². The van der Waals surface area contributed by atoms with E-state index >= 15 is 0 Å². The third-order valence-corrected chi connectivity index (χ3v) is 2.62. The molecular formula is C11H13F2N3O. The fourth-order valence-corrected chi connectivity index (χ4v) is 1.88. The molecule has 1 heterocycles. The first-order valence-corrected chi connectivity index (χ1v) is 5.34. The quantitative estimate of drug-likeness (QED) is 0.717. The standard InChI is InChI=1S/C11H13F2N3O/c12-8-4-7(14)5-9(13)11(8)16-3-1-2-15-10(17)6-16/h4-5H,1-3,6,14H2,(H,15,17). The molecule has 0 saturated carbocycles. The zero-order valence-corrected chi connectivity index (χ0v) is 9.17. The molecule has 17 heavy (non-hydrogen) atoms. The summed E-state index contributed by atoms with van der Waals surface area (Å²) < 4.78 is 27.3. The second kappa shape index (κ2) is 4.57. The van der Waals surface area contributed by atoms with Crippen LogP contribution in [-0.4, -0.2) is 25.5 Å².